The molecule has 0 aliphatic heterocycles. The maximum Gasteiger partial charge on any atom is 2.00 e. The molecule has 11 nitrogen and oxygen atoms in total. The van der Waals surface area contributed by atoms with E-state index in [0.717, 1.165) is 0 Å². The summed E-state index contributed by atoms with van der Waals surface area (Å²) >= 11 is 0. The summed E-state index contributed by atoms with van der Waals surface area (Å²) in [5, 5.41) is 71.2. The number of aliphatic hydroxyl groups excluding tert-OH is 5. The zero-order valence-electron chi connectivity index (χ0n) is 11.9. The van der Waals surface area contributed by atoms with Gasteiger partial charge in [-0.15, -0.1) is 0 Å². The van der Waals surface area contributed by atoms with Crippen molar-refractivity contribution >= 4 is 55.6 Å². The molecular formula is C11H16CaO11. The van der Waals surface area contributed by atoms with Crippen LogP contribution in [0.15, 0.2) is 12.2 Å². The molecule has 4 atom stereocenters. The molecule has 12 heteroatoms. The Kier molecular flexibility index (Phi) is 16.0. The van der Waals surface area contributed by atoms with Crippen molar-refractivity contribution in [1.29, 1.82) is 0 Å². The van der Waals surface area contributed by atoms with Gasteiger partial charge in [0.05, 0.1) is 25.0 Å². The van der Waals surface area contributed by atoms with Crippen LogP contribution < -0.4 is 10.2 Å². The number of hydrogen-bond donors (Lipinski definition) is 6. The number of carboxylic acids is 3. The number of hydrogen-bond acceptors (Lipinski definition) is 10. The monoisotopic (exact) mass is 364 g/mol. The Labute approximate surface area is 160 Å². The van der Waals surface area contributed by atoms with E-state index in [4.69, 9.17) is 30.6 Å². The predicted octanol–water partition coefficient (Wildman–Crippen LogP) is -6.44. The number of carbonyl (C=O) groups excluding carboxylic acids is 2. The van der Waals surface area contributed by atoms with E-state index < -0.39 is 60.9 Å². The first kappa shape index (κ1) is 27.1. The van der Waals surface area contributed by atoms with Gasteiger partial charge in [-0.3, -0.25) is 4.79 Å². The molecule has 0 aromatic heterocycles. The maximum atomic E-state index is 9.98. The first-order chi connectivity index (χ1) is 9.95. The van der Waals surface area contributed by atoms with E-state index in [1.165, 1.54) is 0 Å². The molecule has 0 amide bonds. The Balaban J connectivity index is -0.000000354. The summed E-state index contributed by atoms with van der Waals surface area (Å²) in [6.45, 7) is 2.09. The molecule has 0 aromatic rings. The van der Waals surface area contributed by atoms with Gasteiger partial charge in [0, 0.05) is 0 Å². The van der Waals surface area contributed by atoms with Gasteiger partial charge in [0.15, 0.2) is 0 Å². The third-order valence-electron chi connectivity index (χ3n) is 2.15. The summed E-state index contributed by atoms with van der Waals surface area (Å²) in [7, 11) is 0. The van der Waals surface area contributed by atoms with Crippen molar-refractivity contribution in [2.45, 2.75) is 30.8 Å². The van der Waals surface area contributed by atoms with Crippen LogP contribution in [0.1, 0.15) is 6.42 Å². The molecule has 0 fully saturated rings. The zero-order chi connectivity index (χ0) is 18.0. The van der Waals surface area contributed by atoms with Crippen LogP contribution in [-0.2, 0) is 14.4 Å². The van der Waals surface area contributed by atoms with Gasteiger partial charge in [-0.05, 0) is 5.57 Å². The van der Waals surface area contributed by atoms with Crippen LogP contribution in [-0.4, -0.2) is 117 Å². The Morgan fingerprint density at radius 2 is 1.43 bits per heavy atom. The number of rotatable bonds is 8. The van der Waals surface area contributed by atoms with Gasteiger partial charge in [0.25, 0.3) is 0 Å². The SMILES string of the molecule is C=C(CC(=O)O)C(=O)[O-].O=C([O-])[C@H](O)[C@@H](O)[C@H](O)[C@H](O)CO.[Ca+2]. The summed E-state index contributed by atoms with van der Waals surface area (Å²) in [6, 6.07) is 0. The molecule has 0 unspecified atom stereocenters. The molecule has 128 valence electrons. The van der Waals surface area contributed by atoms with E-state index in [9.17, 15) is 24.6 Å². The van der Waals surface area contributed by atoms with E-state index in [0.29, 0.717) is 0 Å². The van der Waals surface area contributed by atoms with Gasteiger partial charge in [0.2, 0.25) is 0 Å². The molecular weight excluding hydrogens is 348 g/mol. The summed E-state index contributed by atoms with van der Waals surface area (Å²) in [5.74, 6) is -4.71. The fourth-order valence-corrected chi connectivity index (χ4v) is 0.917. The van der Waals surface area contributed by atoms with Gasteiger partial charge < -0.3 is 50.4 Å². The van der Waals surface area contributed by atoms with Gasteiger partial charge in [-0.2, -0.15) is 0 Å². The van der Waals surface area contributed by atoms with Crippen molar-refractivity contribution < 1.29 is 55.2 Å². The van der Waals surface area contributed by atoms with Crippen molar-refractivity contribution in [2.75, 3.05) is 6.61 Å². The van der Waals surface area contributed by atoms with Crippen LogP contribution in [0.4, 0.5) is 0 Å². The smallest absolute Gasteiger partial charge is 0.547 e. The van der Waals surface area contributed by atoms with Crippen LogP contribution in [0.25, 0.3) is 0 Å². The molecule has 0 radical (unpaired) electrons. The molecule has 23 heavy (non-hydrogen) atoms. The van der Waals surface area contributed by atoms with Crippen molar-refractivity contribution in [3.63, 3.8) is 0 Å². The molecule has 0 bridgehead atoms. The molecule has 0 saturated heterocycles. The van der Waals surface area contributed by atoms with Crippen LogP contribution in [0.3, 0.4) is 0 Å². The zero-order valence-corrected chi connectivity index (χ0v) is 14.1. The largest absolute Gasteiger partial charge is 2.00 e. The normalized spacial score (nSPS) is 14.8. The minimum Gasteiger partial charge on any atom is -0.547 e. The summed E-state index contributed by atoms with van der Waals surface area (Å²) < 4.78 is 0. The number of carboxylic acid groups (broad SMARTS) is 3. The molecule has 0 heterocycles. The minimum atomic E-state index is -2.31. The van der Waals surface area contributed by atoms with Crippen molar-refractivity contribution in [2.24, 2.45) is 0 Å². The van der Waals surface area contributed by atoms with Gasteiger partial charge in [0.1, 0.15) is 24.4 Å². The molecule has 0 rings (SSSR count). The fraction of sp³-hybridized carbons (Fsp3) is 0.545. The molecule has 0 spiro atoms. The van der Waals surface area contributed by atoms with Crippen LogP contribution in [0, 0.1) is 0 Å². The van der Waals surface area contributed by atoms with Crippen LogP contribution >= 0.6 is 0 Å². The Morgan fingerprint density at radius 3 is 1.65 bits per heavy atom. The third-order valence-corrected chi connectivity index (χ3v) is 2.15. The quantitative estimate of drug-likeness (QED) is 0.176. The predicted molar refractivity (Wildman–Crippen MR) is 68.3 cm³/mol. The van der Waals surface area contributed by atoms with Crippen molar-refractivity contribution in [3.8, 4) is 0 Å². The van der Waals surface area contributed by atoms with Crippen molar-refractivity contribution in [1.82, 2.24) is 0 Å². The third kappa shape index (κ3) is 12.3. The number of aliphatic carboxylic acids is 3. The molecule has 6 N–H and O–H groups in total. The van der Waals surface area contributed by atoms with E-state index in [1.54, 1.807) is 0 Å². The first-order valence-electron chi connectivity index (χ1n) is 5.60. The molecule has 0 aliphatic carbocycles. The standard InChI is InChI=1S/C6H12O7.C5H6O4.Ca/c7-1-2(8)3(9)4(10)5(11)6(12)13;1-3(5(8)9)2-4(6)7;/h2-5,7-11H,1H2,(H,12,13);1-2H2,(H,6,7)(H,8,9);/q;;+2/p-2/t2-,3-,4+,5-;;/m1../s1. The summed E-state index contributed by atoms with van der Waals surface area (Å²) in [5.41, 5.74) is -0.414. The molecule has 0 saturated carbocycles. The second-order valence-electron chi connectivity index (χ2n) is 3.96. The molecule has 0 aromatic carbocycles. The average molecular weight is 364 g/mol. The minimum absolute atomic E-state index is 0. The van der Waals surface area contributed by atoms with Gasteiger partial charge >= 0.3 is 43.7 Å². The summed E-state index contributed by atoms with van der Waals surface area (Å²) in [4.78, 5) is 29.5. The van der Waals surface area contributed by atoms with Crippen LogP contribution in [0.2, 0.25) is 0 Å². The van der Waals surface area contributed by atoms with E-state index >= 15 is 0 Å². The first-order valence-corrected chi connectivity index (χ1v) is 5.60. The maximum absolute atomic E-state index is 9.98. The van der Waals surface area contributed by atoms with E-state index in [2.05, 4.69) is 6.58 Å². The Morgan fingerprint density at radius 1 is 1.00 bits per heavy atom. The number of carbonyl (C=O) groups is 3. The second-order valence-corrected chi connectivity index (χ2v) is 3.96. The van der Waals surface area contributed by atoms with Gasteiger partial charge in [-0.25, -0.2) is 0 Å². The Hall–Kier alpha value is -0.790. The average Bonchev–Trinajstić information content (AvgIpc) is 2.43. The second kappa shape index (κ2) is 13.6. The molecule has 0 aliphatic rings. The number of aliphatic hydroxyl groups is 5. The van der Waals surface area contributed by atoms with Crippen LogP contribution in [0.5, 0.6) is 0 Å². The van der Waals surface area contributed by atoms with Crippen molar-refractivity contribution in [3.05, 3.63) is 12.2 Å². The van der Waals surface area contributed by atoms with Gasteiger partial charge in [-0.1, -0.05) is 6.58 Å². The fourth-order valence-electron chi connectivity index (χ4n) is 0.917. The summed E-state index contributed by atoms with van der Waals surface area (Å²) in [6.07, 6.45) is -8.65. The topological polar surface area (TPSA) is 219 Å². The Bertz CT molecular complexity index is 411. The van der Waals surface area contributed by atoms with E-state index in [-0.39, 0.29) is 37.7 Å². The van der Waals surface area contributed by atoms with E-state index in [1.807, 2.05) is 0 Å².